The molecule has 0 aliphatic rings. The van der Waals surface area contributed by atoms with Gasteiger partial charge in [-0.15, -0.1) is 6.58 Å². The second-order valence-electron chi connectivity index (χ2n) is 10.4. The van der Waals surface area contributed by atoms with E-state index in [0.29, 0.717) is 5.56 Å². The lowest BCUT2D eigenvalue weighted by molar-refractivity contribution is -0.139. The number of aromatic nitrogens is 3. The molecule has 252 valence electrons. The molecule has 1 amide bonds. The van der Waals surface area contributed by atoms with Crippen LogP contribution in [-0.4, -0.2) is 27.5 Å². The second kappa shape index (κ2) is 21.6. The van der Waals surface area contributed by atoms with Crippen molar-refractivity contribution < 1.29 is 31.9 Å². The number of alkyl halides is 3. The van der Waals surface area contributed by atoms with E-state index in [1.807, 2.05) is 26.7 Å². The Bertz CT molecular complexity index is 1300. The number of nitrogens with zero attached hydrogens (tertiary/aromatic N) is 3. The summed E-state index contributed by atoms with van der Waals surface area (Å²) in [6, 6.07) is 6.67. The Balaban J connectivity index is 0. The number of unbranched alkanes of at least 4 members (excludes halogenated alkanes) is 1. The van der Waals surface area contributed by atoms with Crippen molar-refractivity contribution in [2.24, 2.45) is 0 Å². The molecule has 1 N–H and O–H groups in total. The first-order valence-corrected chi connectivity index (χ1v) is 14.8. The van der Waals surface area contributed by atoms with Gasteiger partial charge in [-0.1, -0.05) is 65.7 Å². The van der Waals surface area contributed by atoms with Crippen LogP contribution in [0.15, 0.2) is 49.2 Å². The van der Waals surface area contributed by atoms with Crippen LogP contribution in [0.25, 0.3) is 0 Å². The zero-order valence-electron chi connectivity index (χ0n) is 28.4. The highest BCUT2D eigenvalue weighted by Gasteiger charge is 2.36. The Morgan fingerprint density at radius 1 is 1.07 bits per heavy atom. The number of nitrogens with one attached hydrogen (secondary N) is 1. The Morgan fingerprint density at radius 3 is 2.09 bits per heavy atom. The van der Waals surface area contributed by atoms with Crippen LogP contribution in [0.5, 0.6) is 11.8 Å². The molecule has 0 radical (unpaired) electrons. The van der Waals surface area contributed by atoms with Gasteiger partial charge in [0.1, 0.15) is 18.2 Å². The fourth-order valence-electron chi connectivity index (χ4n) is 3.31. The van der Waals surface area contributed by atoms with Crippen molar-refractivity contribution in [2.75, 3.05) is 0 Å². The smallest absolute Gasteiger partial charge is 0.420 e. The van der Waals surface area contributed by atoms with Gasteiger partial charge in [-0.05, 0) is 64.8 Å². The minimum Gasteiger partial charge on any atom is -0.420 e. The van der Waals surface area contributed by atoms with Crippen molar-refractivity contribution in [3.63, 3.8) is 0 Å². The Hall–Kier alpha value is -4.02. The monoisotopic (exact) mass is 638 g/mol. The maximum Gasteiger partial charge on any atom is 0.421 e. The van der Waals surface area contributed by atoms with Crippen LogP contribution in [0.2, 0.25) is 0 Å². The van der Waals surface area contributed by atoms with Crippen LogP contribution in [-0.2, 0) is 23.1 Å². The number of amides is 1. The first-order chi connectivity index (χ1) is 21.1. The lowest BCUT2D eigenvalue weighted by Crippen LogP contribution is -2.27. The molecule has 0 spiro atoms. The molecule has 3 rings (SSSR count). The summed E-state index contributed by atoms with van der Waals surface area (Å²) >= 11 is 0. The molecule has 0 saturated heterocycles. The summed E-state index contributed by atoms with van der Waals surface area (Å²) in [6.45, 7) is 24.4. The number of halogens is 4. The van der Waals surface area contributed by atoms with E-state index in [9.17, 15) is 22.4 Å². The highest BCUT2D eigenvalue weighted by Crippen LogP contribution is 2.38. The molecule has 0 fully saturated rings. The number of hydrogen-bond acceptors (Lipinski definition) is 5. The van der Waals surface area contributed by atoms with Crippen LogP contribution in [0.4, 0.5) is 17.6 Å². The third-order valence-electron chi connectivity index (χ3n) is 5.33. The predicted molar refractivity (Wildman–Crippen MR) is 173 cm³/mol. The van der Waals surface area contributed by atoms with Crippen LogP contribution < -0.4 is 10.1 Å². The first kappa shape index (κ1) is 43.1. The lowest BCUT2D eigenvalue weighted by Gasteiger charge is -2.22. The number of allylic oxidation sites excluding steroid dienone is 1. The van der Waals surface area contributed by atoms with Crippen molar-refractivity contribution in [2.45, 2.75) is 107 Å². The summed E-state index contributed by atoms with van der Waals surface area (Å²) in [7, 11) is 0. The molecule has 3 aromatic rings. The largest absolute Gasteiger partial charge is 0.421 e. The normalized spacial score (nSPS) is 10.3. The van der Waals surface area contributed by atoms with Crippen molar-refractivity contribution in [3.8, 4) is 11.8 Å². The molecule has 0 aliphatic carbocycles. The molecule has 2 aromatic heterocycles. The standard InChI is InChI=1S/C23H24F4N4O2.C5H10.C3H8.C2H6.CH2O/c1-13-8-9-15(17(24)11-13)12-29-19(32)18-14(2)21(31(30-18)22(3,4)5)33-20-16(23(25,26)27)7-6-10-28-20;1-3-5-4-2;1-3-2;2*1-2/h6-11H,12H2,1-5H3,(H,29,32);3H,1,4-5H2,2H3;3H2,1-2H3;1-2H3;1H2. The number of hydrogen-bond donors (Lipinski definition) is 1. The summed E-state index contributed by atoms with van der Waals surface area (Å²) in [5.74, 6) is -1.76. The van der Waals surface area contributed by atoms with E-state index in [1.54, 1.807) is 39.8 Å². The lowest BCUT2D eigenvalue weighted by atomic mass is 10.1. The van der Waals surface area contributed by atoms with Gasteiger partial charge in [0.25, 0.3) is 5.91 Å². The van der Waals surface area contributed by atoms with Crippen LogP contribution >= 0.6 is 0 Å². The Kier molecular flexibility index (Phi) is 20.7. The number of carbonyl (C=O) groups is 2. The van der Waals surface area contributed by atoms with E-state index in [-0.39, 0.29) is 23.7 Å². The SMILES string of the molecule is C=CCCC.C=O.CC.CCC.Cc1ccc(CNC(=O)c2nn(C(C)(C)C)c(Oc3ncccc3C(F)(F)F)c2C)c(F)c1. The molecular formula is C34H50F4N4O3. The Morgan fingerprint density at radius 2 is 1.64 bits per heavy atom. The van der Waals surface area contributed by atoms with Gasteiger partial charge in [0, 0.05) is 23.9 Å². The summed E-state index contributed by atoms with van der Waals surface area (Å²) in [5, 5.41) is 6.90. The van der Waals surface area contributed by atoms with Gasteiger partial charge in [-0.25, -0.2) is 14.1 Å². The maximum absolute atomic E-state index is 14.1. The molecule has 0 bridgehead atoms. The zero-order valence-corrected chi connectivity index (χ0v) is 28.4. The number of benzene rings is 1. The average Bonchev–Trinajstić information content (AvgIpc) is 3.32. The molecule has 0 saturated carbocycles. The van der Waals surface area contributed by atoms with Crippen LogP contribution in [0.3, 0.4) is 0 Å². The van der Waals surface area contributed by atoms with E-state index in [0.717, 1.165) is 24.1 Å². The van der Waals surface area contributed by atoms with Crippen molar-refractivity contribution in [3.05, 3.63) is 82.9 Å². The van der Waals surface area contributed by atoms with Gasteiger partial charge in [-0.2, -0.15) is 18.3 Å². The second-order valence-corrected chi connectivity index (χ2v) is 10.4. The number of ether oxygens (including phenoxy) is 1. The predicted octanol–water partition coefficient (Wildman–Crippen LogP) is 9.76. The quantitative estimate of drug-likeness (QED) is 0.206. The maximum atomic E-state index is 14.1. The number of pyridine rings is 1. The topological polar surface area (TPSA) is 86.1 Å². The average molecular weight is 639 g/mol. The van der Waals surface area contributed by atoms with Gasteiger partial charge in [0.05, 0.1) is 5.54 Å². The van der Waals surface area contributed by atoms with Crippen molar-refractivity contribution >= 4 is 12.7 Å². The van der Waals surface area contributed by atoms with Gasteiger partial charge < -0.3 is 14.8 Å². The number of carbonyl (C=O) groups excluding carboxylic acids is 2. The third-order valence-corrected chi connectivity index (χ3v) is 5.33. The zero-order chi connectivity index (χ0) is 35.4. The highest BCUT2D eigenvalue weighted by molar-refractivity contribution is 5.94. The van der Waals surface area contributed by atoms with E-state index in [2.05, 4.69) is 42.7 Å². The van der Waals surface area contributed by atoms with E-state index < -0.39 is 34.9 Å². The van der Waals surface area contributed by atoms with Gasteiger partial charge >= 0.3 is 6.18 Å². The number of rotatable bonds is 7. The fourth-order valence-corrected chi connectivity index (χ4v) is 3.31. The Labute approximate surface area is 266 Å². The van der Waals surface area contributed by atoms with Crippen molar-refractivity contribution in [1.82, 2.24) is 20.1 Å². The van der Waals surface area contributed by atoms with E-state index in [4.69, 9.17) is 9.53 Å². The minimum atomic E-state index is -4.68. The molecule has 11 heteroatoms. The summed E-state index contributed by atoms with van der Waals surface area (Å²) in [6.07, 6.45) is 2.06. The van der Waals surface area contributed by atoms with E-state index in [1.165, 1.54) is 36.7 Å². The summed E-state index contributed by atoms with van der Waals surface area (Å²) < 4.78 is 61.2. The van der Waals surface area contributed by atoms with Gasteiger partial charge in [-0.3, -0.25) is 4.79 Å². The van der Waals surface area contributed by atoms with Gasteiger partial charge in [0.2, 0.25) is 11.8 Å². The van der Waals surface area contributed by atoms with Crippen molar-refractivity contribution in [1.29, 1.82) is 0 Å². The van der Waals surface area contributed by atoms with Crippen LogP contribution in [0, 0.1) is 19.7 Å². The fraction of sp³-hybridized carbons (Fsp3) is 0.471. The summed E-state index contributed by atoms with van der Waals surface area (Å²) in [5.41, 5.74) is -0.553. The highest BCUT2D eigenvalue weighted by atomic mass is 19.4. The minimum absolute atomic E-state index is 0.0432. The molecule has 0 unspecified atom stereocenters. The molecule has 0 aliphatic heterocycles. The molecular weight excluding hydrogens is 588 g/mol. The van der Waals surface area contributed by atoms with Crippen LogP contribution in [0.1, 0.15) is 107 Å². The molecule has 0 atom stereocenters. The molecule has 7 nitrogen and oxygen atoms in total. The molecule has 2 heterocycles. The first-order valence-electron chi connectivity index (χ1n) is 14.8. The van der Waals surface area contributed by atoms with E-state index >= 15 is 0 Å². The van der Waals surface area contributed by atoms with Gasteiger partial charge in [0.15, 0.2) is 5.69 Å². The number of aryl methyl sites for hydroxylation is 1. The molecule has 45 heavy (non-hydrogen) atoms. The third kappa shape index (κ3) is 14.5. The summed E-state index contributed by atoms with van der Waals surface area (Å²) in [4.78, 5) is 24.6. The molecule has 1 aromatic carbocycles.